The first kappa shape index (κ1) is 12.4. The lowest BCUT2D eigenvalue weighted by atomic mass is 10.3. The number of hydrogen-bond donors (Lipinski definition) is 1. The van der Waals surface area contributed by atoms with Crippen molar-refractivity contribution in [1.82, 2.24) is 0 Å². The first-order chi connectivity index (χ1) is 7.00. The largest absolute Gasteiger partial charge is 0.490 e. The number of ether oxygens (including phenoxy) is 1. The number of rotatable bonds is 4. The zero-order chi connectivity index (χ0) is 11.4. The van der Waals surface area contributed by atoms with Crippen LogP contribution >= 0.6 is 34.8 Å². The van der Waals surface area contributed by atoms with E-state index in [0.29, 0.717) is 15.8 Å². The lowest BCUT2D eigenvalue weighted by molar-refractivity contribution is -0.137. The van der Waals surface area contributed by atoms with Gasteiger partial charge in [-0.25, -0.2) is 0 Å². The molecule has 1 aromatic rings. The van der Waals surface area contributed by atoms with Gasteiger partial charge in [-0.05, 0) is 12.1 Å². The van der Waals surface area contributed by atoms with Crippen LogP contribution in [0.3, 0.4) is 0 Å². The summed E-state index contributed by atoms with van der Waals surface area (Å²) in [5.41, 5.74) is 0. The van der Waals surface area contributed by atoms with Crippen molar-refractivity contribution >= 4 is 40.8 Å². The standard InChI is InChI=1S/C9H7Cl3O3/c10-5-1-2-6(11)8(3-5)15-4-7(12)9(13)14/h1-3,7H,4H2,(H,13,14). The fourth-order valence-corrected chi connectivity index (χ4v) is 1.22. The Hall–Kier alpha value is -0.640. The van der Waals surface area contributed by atoms with Crippen molar-refractivity contribution < 1.29 is 14.6 Å². The van der Waals surface area contributed by atoms with Crippen molar-refractivity contribution in [3.63, 3.8) is 0 Å². The number of halogens is 3. The van der Waals surface area contributed by atoms with Crippen LogP contribution in [0.5, 0.6) is 5.75 Å². The molecule has 0 aliphatic carbocycles. The highest BCUT2D eigenvalue weighted by Gasteiger charge is 2.15. The van der Waals surface area contributed by atoms with Crippen LogP contribution in [-0.4, -0.2) is 23.1 Å². The number of alkyl halides is 1. The molecule has 0 fully saturated rings. The van der Waals surface area contributed by atoms with Gasteiger partial charge in [-0.2, -0.15) is 0 Å². The minimum absolute atomic E-state index is 0.170. The highest BCUT2D eigenvalue weighted by Crippen LogP contribution is 2.27. The molecule has 0 saturated heterocycles. The van der Waals surface area contributed by atoms with E-state index in [4.69, 9.17) is 44.6 Å². The minimum Gasteiger partial charge on any atom is -0.490 e. The van der Waals surface area contributed by atoms with Crippen molar-refractivity contribution in [3.8, 4) is 5.75 Å². The van der Waals surface area contributed by atoms with Crippen molar-refractivity contribution in [1.29, 1.82) is 0 Å². The highest BCUT2D eigenvalue weighted by atomic mass is 35.5. The second-order valence-corrected chi connectivity index (χ2v) is 4.06. The lowest BCUT2D eigenvalue weighted by Crippen LogP contribution is -2.21. The van der Waals surface area contributed by atoms with Crippen LogP contribution in [0.15, 0.2) is 18.2 Å². The van der Waals surface area contributed by atoms with Crippen LogP contribution < -0.4 is 4.74 Å². The molecule has 1 aromatic carbocycles. The van der Waals surface area contributed by atoms with Crippen LogP contribution in [0.4, 0.5) is 0 Å². The zero-order valence-electron chi connectivity index (χ0n) is 7.41. The lowest BCUT2D eigenvalue weighted by Gasteiger charge is -2.09. The third kappa shape index (κ3) is 3.78. The van der Waals surface area contributed by atoms with Gasteiger partial charge in [-0.3, -0.25) is 4.79 Å². The van der Waals surface area contributed by atoms with Crippen LogP contribution in [-0.2, 0) is 4.79 Å². The summed E-state index contributed by atoms with van der Waals surface area (Å²) in [5.74, 6) is -0.828. The normalized spacial score (nSPS) is 12.2. The van der Waals surface area contributed by atoms with Crippen LogP contribution in [0.2, 0.25) is 10.0 Å². The highest BCUT2D eigenvalue weighted by molar-refractivity contribution is 6.34. The average Bonchev–Trinajstić information content (AvgIpc) is 2.18. The van der Waals surface area contributed by atoms with E-state index in [9.17, 15) is 4.79 Å². The van der Waals surface area contributed by atoms with Crippen LogP contribution in [0.1, 0.15) is 0 Å². The Balaban J connectivity index is 2.65. The van der Waals surface area contributed by atoms with Gasteiger partial charge in [-0.1, -0.05) is 23.2 Å². The zero-order valence-corrected chi connectivity index (χ0v) is 9.68. The molecule has 1 N–H and O–H groups in total. The molecule has 15 heavy (non-hydrogen) atoms. The number of carbonyl (C=O) groups is 1. The first-order valence-corrected chi connectivity index (χ1v) is 5.14. The van der Waals surface area contributed by atoms with E-state index in [2.05, 4.69) is 0 Å². The number of aliphatic carboxylic acids is 1. The molecule has 1 atom stereocenters. The van der Waals surface area contributed by atoms with Gasteiger partial charge in [0.2, 0.25) is 0 Å². The molecule has 0 aliphatic rings. The molecule has 0 radical (unpaired) electrons. The molecular weight excluding hydrogens is 262 g/mol. The van der Waals surface area contributed by atoms with Gasteiger partial charge in [0.05, 0.1) is 5.02 Å². The molecular formula is C9H7Cl3O3. The van der Waals surface area contributed by atoms with Gasteiger partial charge in [0, 0.05) is 11.1 Å². The van der Waals surface area contributed by atoms with Crippen LogP contribution in [0.25, 0.3) is 0 Å². The average molecular weight is 270 g/mol. The first-order valence-electron chi connectivity index (χ1n) is 3.95. The van der Waals surface area contributed by atoms with E-state index in [1.54, 1.807) is 12.1 Å². The third-order valence-corrected chi connectivity index (χ3v) is 2.41. The summed E-state index contributed by atoms with van der Waals surface area (Å²) in [4.78, 5) is 10.4. The van der Waals surface area contributed by atoms with Crippen molar-refractivity contribution in [3.05, 3.63) is 28.2 Å². The Kier molecular flexibility index (Phi) is 4.51. The molecule has 82 valence electrons. The molecule has 0 saturated carbocycles. The molecule has 0 aromatic heterocycles. The van der Waals surface area contributed by atoms with E-state index < -0.39 is 11.3 Å². The van der Waals surface area contributed by atoms with E-state index in [0.717, 1.165) is 0 Å². The number of hydrogen-bond acceptors (Lipinski definition) is 2. The van der Waals surface area contributed by atoms with Gasteiger partial charge in [-0.15, -0.1) is 11.6 Å². The maximum atomic E-state index is 10.4. The van der Waals surface area contributed by atoms with E-state index in [1.165, 1.54) is 6.07 Å². The monoisotopic (exact) mass is 268 g/mol. The molecule has 0 aliphatic heterocycles. The number of carboxylic acids is 1. The fourth-order valence-electron chi connectivity index (χ4n) is 0.822. The Morgan fingerprint density at radius 2 is 2.13 bits per heavy atom. The number of carboxylic acid groups (broad SMARTS) is 1. The molecule has 0 amide bonds. The molecule has 0 bridgehead atoms. The molecule has 0 heterocycles. The smallest absolute Gasteiger partial charge is 0.325 e. The molecule has 1 unspecified atom stereocenters. The minimum atomic E-state index is -1.14. The van der Waals surface area contributed by atoms with E-state index in [-0.39, 0.29) is 6.61 Å². The Labute approximate surface area is 102 Å². The van der Waals surface area contributed by atoms with Crippen molar-refractivity contribution in [2.45, 2.75) is 5.38 Å². The number of benzene rings is 1. The SMILES string of the molecule is O=C(O)C(Cl)COc1cc(Cl)ccc1Cl. The van der Waals surface area contributed by atoms with Gasteiger partial charge in [0.15, 0.2) is 5.38 Å². The summed E-state index contributed by atoms with van der Waals surface area (Å²) >= 11 is 16.9. The topological polar surface area (TPSA) is 46.5 Å². The summed E-state index contributed by atoms with van der Waals surface area (Å²) in [6.07, 6.45) is 0. The maximum absolute atomic E-state index is 10.4. The molecule has 3 nitrogen and oxygen atoms in total. The van der Waals surface area contributed by atoms with E-state index in [1.807, 2.05) is 0 Å². The van der Waals surface area contributed by atoms with Gasteiger partial charge in [0.25, 0.3) is 0 Å². The Morgan fingerprint density at radius 3 is 2.73 bits per heavy atom. The van der Waals surface area contributed by atoms with Crippen molar-refractivity contribution in [2.75, 3.05) is 6.61 Å². The van der Waals surface area contributed by atoms with Crippen molar-refractivity contribution in [2.24, 2.45) is 0 Å². The summed E-state index contributed by atoms with van der Waals surface area (Å²) in [5, 5.41) is 8.21. The Bertz CT molecular complexity index is 368. The summed E-state index contributed by atoms with van der Waals surface area (Å²) < 4.78 is 5.11. The second kappa shape index (κ2) is 5.45. The summed E-state index contributed by atoms with van der Waals surface area (Å²) in [6.45, 7) is -0.170. The summed E-state index contributed by atoms with van der Waals surface area (Å²) in [7, 11) is 0. The second-order valence-electron chi connectivity index (χ2n) is 2.69. The fraction of sp³-hybridized carbons (Fsp3) is 0.222. The van der Waals surface area contributed by atoms with Gasteiger partial charge >= 0.3 is 5.97 Å². The van der Waals surface area contributed by atoms with E-state index >= 15 is 0 Å². The van der Waals surface area contributed by atoms with Crippen LogP contribution in [0, 0.1) is 0 Å². The Morgan fingerprint density at radius 1 is 1.47 bits per heavy atom. The third-order valence-electron chi connectivity index (χ3n) is 1.55. The predicted molar refractivity (Wildman–Crippen MR) is 59.2 cm³/mol. The quantitative estimate of drug-likeness (QED) is 0.855. The van der Waals surface area contributed by atoms with Gasteiger partial charge < -0.3 is 9.84 Å². The molecule has 6 heteroatoms. The summed E-state index contributed by atoms with van der Waals surface area (Å²) in [6, 6.07) is 4.66. The van der Waals surface area contributed by atoms with Gasteiger partial charge in [0.1, 0.15) is 12.4 Å². The predicted octanol–water partition coefficient (Wildman–Crippen LogP) is 3.06. The maximum Gasteiger partial charge on any atom is 0.325 e. The molecule has 0 spiro atoms. The molecule has 1 rings (SSSR count).